The van der Waals surface area contributed by atoms with Crippen molar-refractivity contribution >= 4 is 12.0 Å². The summed E-state index contributed by atoms with van der Waals surface area (Å²) in [6.07, 6.45) is 1.20. The van der Waals surface area contributed by atoms with Crippen LogP contribution >= 0.6 is 0 Å². The fourth-order valence-corrected chi connectivity index (χ4v) is 1.18. The Balaban J connectivity index is 2.10. The predicted octanol–water partition coefficient (Wildman–Crippen LogP) is -0.480. The Morgan fingerprint density at radius 2 is 2.46 bits per heavy atom. The predicted molar refractivity (Wildman–Crippen MR) is 43.7 cm³/mol. The van der Waals surface area contributed by atoms with Gasteiger partial charge in [-0.2, -0.15) is 0 Å². The van der Waals surface area contributed by atoms with Crippen molar-refractivity contribution in [3.63, 3.8) is 0 Å². The average molecular weight is 183 g/mol. The van der Waals surface area contributed by atoms with Gasteiger partial charge in [-0.05, 0) is 0 Å². The van der Waals surface area contributed by atoms with E-state index in [1.54, 1.807) is 4.90 Å². The number of aromatic nitrogens is 1. The number of carbonyl (C=O) groups is 1. The molecule has 0 aliphatic carbocycles. The average Bonchev–Trinajstić information content (AvgIpc) is 2.46. The quantitative estimate of drug-likeness (QED) is 0.643. The summed E-state index contributed by atoms with van der Waals surface area (Å²) >= 11 is 0. The van der Waals surface area contributed by atoms with E-state index in [4.69, 9.17) is 15.3 Å². The van der Waals surface area contributed by atoms with Crippen LogP contribution in [0.4, 0.5) is 6.01 Å². The van der Waals surface area contributed by atoms with Crippen LogP contribution in [-0.2, 0) is 0 Å². The molecule has 1 aliphatic heterocycles. The zero-order chi connectivity index (χ0) is 9.42. The molecular formula is C7H9N3O3. The molecule has 0 atom stereocenters. The maximum absolute atomic E-state index is 10.4. The molecule has 0 saturated carbocycles. The number of hydrogen-bond acceptors (Lipinski definition) is 5. The minimum atomic E-state index is -1.11. The molecule has 13 heavy (non-hydrogen) atoms. The van der Waals surface area contributed by atoms with Gasteiger partial charge in [0.05, 0.1) is 6.20 Å². The first-order valence-corrected chi connectivity index (χ1v) is 3.86. The Morgan fingerprint density at radius 1 is 1.77 bits per heavy atom. The first kappa shape index (κ1) is 8.06. The van der Waals surface area contributed by atoms with Crippen molar-refractivity contribution in [2.75, 3.05) is 18.0 Å². The summed E-state index contributed by atoms with van der Waals surface area (Å²) in [6.45, 7) is 1.33. The van der Waals surface area contributed by atoms with E-state index >= 15 is 0 Å². The van der Waals surface area contributed by atoms with Crippen LogP contribution in [0.5, 0.6) is 0 Å². The summed E-state index contributed by atoms with van der Waals surface area (Å²) in [4.78, 5) is 16.0. The SMILES string of the molecule is NC1CN(c2ncc(C(=O)O)o2)C1. The lowest BCUT2D eigenvalue weighted by atomic mass is 10.1. The van der Waals surface area contributed by atoms with Crippen molar-refractivity contribution in [1.82, 2.24) is 4.98 Å². The number of carboxylic acid groups (broad SMARTS) is 1. The molecule has 1 aliphatic rings. The number of hydrogen-bond donors (Lipinski definition) is 2. The van der Waals surface area contributed by atoms with Gasteiger partial charge in [0.25, 0.3) is 6.01 Å². The molecule has 0 spiro atoms. The molecule has 0 aromatic carbocycles. The molecule has 1 fully saturated rings. The van der Waals surface area contributed by atoms with E-state index in [2.05, 4.69) is 4.98 Å². The van der Waals surface area contributed by atoms with Crippen molar-refractivity contribution in [2.45, 2.75) is 6.04 Å². The van der Waals surface area contributed by atoms with Gasteiger partial charge < -0.3 is 20.2 Å². The molecular weight excluding hydrogens is 174 g/mol. The van der Waals surface area contributed by atoms with E-state index in [1.165, 1.54) is 6.20 Å². The van der Waals surface area contributed by atoms with Gasteiger partial charge in [-0.15, -0.1) is 0 Å². The van der Waals surface area contributed by atoms with E-state index in [0.29, 0.717) is 19.1 Å². The van der Waals surface area contributed by atoms with Crippen LogP contribution in [0.2, 0.25) is 0 Å². The van der Waals surface area contributed by atoms with E-state index < -0.39 is 5.97 Å². The third-order valence-corrected chi connectivity index (χ3v) is 1.88. The van der Waals surface area contributed by atoms with Gasteiger partial charge in [-0.3, -0.25) is 0 Å². The summed E-state index contributed by atoms with van der Waals surface area (Å²) < 4.78 is 4.96. The fraction of sp³-hybridized carbons (Fsp3) is 0.429. The number of oxazole rings is 1. The summed E-state index contributed by atoms with van der Waals surface area (Å²) in [5, 5.41) is 8.55. The van der Waals surface area contributed by atoms with Crippen LogP contribution < -0.4 is 10.6 Å². The molecule has 1 aromatic rings. The zero-order valence-electron chi connectivity index (χ0n) is 6.80. The van der Waals surface area contributed by atoms with Crippen LogP contribution in [0, 0.1) is 0 Å². The van der Waals surface area contributed by atoms with E-state index in [9.17, 15) is 4.79 Å². The molecule has 6 heteroatoms. The fourth-order valence-electron chi connectivity index (χ4n) is 1.18. The minimum absolute atomic E-state index is 0.139. The van der Waals surface area contributed by atoms with Crippen LogP contribution in [0.25, 0.3) is 0 Å². The van der Waals surface area contributed by atoms with Crippen LogP contribution in [0.3, 0.4) is 0 Å². The van der Waals surface area contributed by atoms with Crippen molar-refractivity contribution in [1.29, 1.82) is 0 Å². The highest BCUT2D eigenvalue weighted by atomic mass is 16.4. The molecule has 0 radical (unpaired) electrons. The van der Waals surface area contributed by atoms with Crippen LogP contribution in [0.15, 0.2) is 10.6 Å². The molecule has 1 aromatic heterocycles. The number of carboxylic acids is 1. The Bertz CT molecular complexity index is 329. The summed E-state index contributed by atoms with van der Waals surface area (Å²) in [5.41, 5.74) is 5.55. The molecule has 70 valence electrons. The van der Waals surface area contributed by atoms with Crippen molar-refractivity contribution in [2.24, 2.45) is 5.73 Å². The van der Waals surface area contributed by atoms with Crippen LogP contribution in [0.1, 0.15) is 10.6 Å². The zero-order valence-corrected chi connectivity index (χ0v) is 6.80. The largest absolute Gasteiger partial charge is 0.475 e. The first-order valence-electron chi connectivity index (χ1n) is 3.86. The second-order valence-electron chi connectivity index (χ2n) is 2.98. The molecule has 6 nitrogen and oxygen atoms in total. The molecule has 1 saturated heterocycles. The lowest BCUT2D eigenvalue weighted by molar-refractivity contribution is 0.0663. The van der Waals surface area contributed by atoms with Crippen molar-refractivity contribution in [3.05, 3.63) is 12.0 Å². The molecule has 2 heterocycles. The molecule has 2 rings (SSSR count). The van der Waals surface area contributed by atoms with Crippen molar-refractivity contribution in [3.8, 4) is 0 Å². The Hall–Kier alpha value is -1.56. The molecule has 3 N–H and O–H groups in total. The van der Waals surface area contributed by atoms with Gasteiger partial charge >= 0.3 is 5.97 Å². The highest BCUT2D eigenvalue weighted by molar-refractivity contribution is 5.84. The molecule has 0 bridgehead atoms. The third kappa shape index (κ3) is 1.35. The highest BCUT2D eigenvalue weighted by Gasteiger charge is 2.27. The molecule has 0 unspecified atom stereocenters. The number of rotatable bonds is 2. The summed E-state index contributed by atoms with van der Waals surface area (Å²) in [5.74, 6) is -1.25. The van der Waals surface area contributed by atoms with Gasteiger partial charge in [0.2, 0.25) is 5.76 Å². The second-order valence-corrected chi connectivity index (χ2v) is 2.98. The number of aromatic carboxylic acids is 1. The van der Waals surface area contributed by atoms with E-state index in [1.807, 2.05) is 0 Å². The normalized spacial score (nSPS) is 17.2. The monoisotopic (exact) mass is 183 g/mol. The minimum Gasteiger partial charge on any atom is -0.475 e. The van der Waals surface area contributed by atoms with E-state index in [-0.39, 0.29) is 11.8 Å². The number of nitrogens with two attached hydrogens (primary N) is 1. The molecule has 0 amide bonds. The second kappa shape index (κ2) is 2.74. The summed E-state index contributed by atoms with van der Waals surface area (Å²) in [7, 11) is 0. The van der Waals surface area contributed by atoms with Crippen LogP contribution in [-0.4, -0.2) is 35.2 Å². The summed E-state index contributed by atoms with van der Waals surface area (Å²) in [6, 6.07) is 0.472. The van der Waals surface area contributed by atoms with Gasteiger partial charge in [-0.1, -0.05) is 0 Å². The lowest BCUT2D eigenvalue weighted by Crippen LogP contribution is -2.56. The third-order valence-electron chi connectivity index (χ3n) is 1.88. The maximum Gasteiger partial charge on any atom is 0.373 e. The van der Waals surface area contributed by atoms with E-state index in [0.717, 1.165) is 0 Å². The standard InChI is InChI=1S/C7H9N3O3/c8-4-2-10(3-4)7-9-1-5(13-7)6(11)12/h1,4H,2-3,8H2,(H,11,12). The van der Waals surface area contributed by atoms with Gasteiger partial charge in [0.15, 0.2) is 0 Å². The lowest BCUT2D eigenvalue weighted by Gasteiger charge is -2.35. The Morgan fingerprint density at radius 3 is 2.92 bits per heavy atom. The Kier molecular flexibility index (Phi) is 1.70. The van der Waals surface area contributed by atoms with Gasteiger partial charge in [-0.25, -0.2) is 9.78 Å². The van der Waals surface area contributed by atoms with Gasteiger partial charge in [0, 0.05) is 19.1 Å². The van der Waals surface area contributed by atoms with Gasteiger partial charge in [0.1, 0.15) is 0 Å². The number of nitrogens with zero attached hydrogens (tertiary/aromatic N) is 2. The Labute approximate surface area is 74.0 Å². The number of anilines is 1. The maximum atomic E-state index is 10.4. The first-order chi connectivity index (χ1) is 6.16. The topological polar surface area (TPSA) is 92.6 Å². The van der Waals surface area contributed by atoms with Crippen molar-refractivity contribution < 1.29 is 14.3 Å². The highest BCUT2D eigenvalue weighted by Crippen LogP contribution is 2.19. The smallest absolute Gasteiger partial charge is 0.373 e.